The van der Waals surface area contributed by atoms with Gasteiger partial charge in [-0.25, -0.2) is 0 Å². The number of hydrogen-bond donors (Lipinski definition) is 2. The number of amides is 2. The molecule has 0 atom stereocenters. The molecule has 0 rings (SSSR count). The van der Waals surface area contributed by atoms with Crippen LogP contribution in [-0.2, 0) is 9.59 Å². The maximum Gasteiger partial charge on any atom is 0.219 e. The van der Waals surface area contributed by atoms with Crippen LogP contribution in [0.3, 0.4) is 0 Å². The zero-order valence-electron chi connectivity index (χ0n) is 39.2. The van der Waals surface area contributed by atoms with Crippen LogP contribution in [0.25, 0.3) is 0 Å². The molecule has 0 heterocycles. The lowest BCUT2D eigenvalue weighted by molar-refractivity contribution is -0.121. The van der Waals surface area contributed by atoms with E-state index in [0.29, 0.717) is 12.8 Å². The SMILES string of the molecule is CCCCCCCCCCCCC#CC#CCCCCCCCCC(=O)NCCCCCNC(=O)CCCCCCCCC#CC#CCCCCCCCCCCCC. The second-order valence-electron chi connectivity index (χ2n) is 17.1. The highest BCUT2D eigenvalue weighted by atomic mass is 16.2. The molecule has 0 bridgehead atoms. The first-order chi connectivity index (χ1) is 29.2. The molecule has 2 N–H and O–H groups in total. The van der Waals surface area contributed by atoms with Crippen molar-refractivity contribution in [2.24, 2.45) is 0 Å². The number of unbranched alkanes of at least 4 members (excludes halogenated alkanes) is 34. The predicted octanol–water partition coefficient (Wildman–Crippen LogP) is 15.3. The van der Waals surface area contributed by atoms with E-state index >= 15 is 0 Å². The Balaban J connectivity index is 3.39. The Morgan fingerprint density at radius 1 is 0.288 bits per heavy atom. The van der Waals surface area contributed by atoms with Crippen LogP contribution in [0.15, 0.2) is 0 Å². The first kappa shape index (κ1) is 56.2. The average molecular weight is 815 g/mol. The highest BCUT2D eigenvalue weighted by Crippen LogP contribution is 2.13. The van der Waals surface area contributed by atoms with Gasteiger partial charge in [0, 0.05) is 51.6 Å². The summed E-state index contributed by atoms with van der Waals surface area (Å²) in [4.78, 5) is 24.3. The van der Waals surface area contributed by atoms with Crippen LogP contribution in [0.1, 0.15) is 277 Å². The van der Waals surface area contributed by atoms with Crippen molar-refractivity contribution >= 4 is 11.8 Å². The van der Waals surface area contributed by atoms with Gasteiger partial charge in [-0.2, -0.15) is 0 Å². The molecule has 0 fully saturated rings. The first-order valence-corrected chi connectivity index (χ1v) is 25.7. The molecule has 59 heavy (non-hydrogen) atoms. The molecule has 0 saturated heterocycles. The van der Waals surface area contributed by atoms with E-state index in [-0.39, 0.29) is 11.8 Å². The number of rotatable bonds is 42. The number of carbonyl (C=O) groups excluding carboxylic acids is 2. The fraction of sp³-hybridized carbons (Fsp3) is 0.818. The van der Waals surface area contributed by atoms with Gasteiger partial charge in [0.15, 0.2) is 0 Å². The molecular formula is C55H94N2O2. The molecule has 0 aromatic carbocycles. The summed E-state index contributed by atoms with van der Waals surface area (Å²) in [6.07, 6.45) is 49.1. The Morgan fingerprint density at radius 3 is 0.780 bits per heavy atom. The number of hydrogen-bond acceptors (Lipinski definition) is 2. The van der Waals surface area contributed by atoms with Crippen LogP contribution < -0.4 is 10.6 Å². The maximum absolute atomic E-state index is 12.1. The Bertz CT molecular complexity index is 1080. The molecule has 0 radical (unpaired) electrons. The molecule has 2 amide bonds. The third-order valence-electron chi connectivity index (χ3n) is 11.2. The molecule has 4 heteroatoms. The standard InChI is InChI=1S/C55H94N2O2/c1-3-5-7-9-11-13-15-17-19-21-23-25-27-29-31-33-35-37-39-41-43-46-50-54(58)56-52-48-45-49-53-57-55(59)51-47-44-42-40-38-36-34-32-30-28-26-24-22-20-18-16-14-12-10-8-6-4-2/h3-24,33-53H2,1-2H3,(H,56,58)(H,57,59). The Morgan fingerprint density at radius 2 is 0.508 bits per heavy atom. The van der Waals surface area contributed by atoms with Gasteiger partial charge in [-0.05, 0) is 81.5 Å². The zero-order chi connectivity index (χ0) is 42.6. The van der Waals surface area contributed by atoms with Gasteiger partial charge in [-0.1, -0.05) is 204 Å². The summed E-state index contributed by atoms with van der Waals surface area (Å²) in [5.41, 5.74) is 0. The fourth-order valence-corrected chi connectivity index (χ4v) is 7.30. The average Bonchev–Trinajstić information content (AvgIpc) is 3.24. The van der Waals surface area contributed by atoms with Gasteiger partial charge in [0.05, 0.1) is 0 Å². The number of carbonyl (C=O) groups is 2. The van der Waals surface area contributed by atoms with E-state index in [1.54, 1.807) is 0 Å². The molecule has 0 spiro atoms. The summed E-state index contributed by atoms with van der Waals surface area (Å²) in [5, 5.41) is 6.12. The van der Waals surface area contributed by atoms with E-state index in [2.05, 4.69) is 71.8 Å². The molecule has 0 unspecified atom stereocenters. The van der Waals surface area contributed by atoms with Crippen molar-refractivity contribution in [2.75, 3.05) is 13.1 Å². The summed E-state index contributed by atoms with van der Waals surface area (Å²) in [5.74, 6) is 25.3. The second-order valence-corrected chi connectivity index (χ2v) is 17.1. The molecule has 0 aromatic rings. The van der Waals surface area contributed by atoms with Crippen molar-refractivity contribution in [1.82, 2.24) is 10.6 Å². The van der Waals surface area contributed by atoms with E-state index in [4.69, 9.17) is 0 Å². The molecule has 0 aliphatic carbocycles. The predicted molar refractivity (Wildman–Crippen MR) is 258 cm³/mol. The van der Waals surface area contributed by atoms with Crippen molar-refractivity contribution in [3.63, 3.8) is 0 Å². The summed E-state index contributed by atoms with van der Waals surface area (Å²) in [6, 6.07) is 0. The monoisotopic (exact) mass is 815 g/mol. The molecule has 0 aromatic heterocycles. The van der Waals surface area contributed by atoms with E-state index < -0.39 is 0 Å². The molecular weight excluding hydrogens is 721 g/mol. The van der Waals surface area contributed by atoms with Crippen molar-refractivity contribution < 1.29 is 9.59 Å². The van der Waals surface area contributed by atoms with E-state index in [1.165, 1.54) is 167 Å². The molecule has 0 saturated carbocycles. The zero-order valence-corrected chi connectivity index (χ0v) is 39.2. The van der Waals surface area contributed by atoms with Gasteiger partial charge in [0.2, 0.25) is 11.8 Å². The summed E-state index contributed by atoms with van der Waals surface area (Å²) in [6.45, 7) is 6.02. The smallest absolute Gasteiger partial charge is 0.219 e. The molecule has 0 aliphatic rings. The summed E-state index contributed by atoms with van der Waals surface area (Å²) >= 11 is 0. The largest absolute Gasteiger partial charge is 0.356 e. The van der Waals surface area contributed by atoms with Gasteiger partial charge in [-0.15, -0.1) is 0 Å². The summed E-state index contributed by atoms with van der Waals surface area (Å²) < 4.78 is 0. The van der Waals surface area contributed by atoms with Crippen LogP contribution in [0.5, 0.6) is 0 Å². The van der Waals surface area contributed by atoms with E-state index in [0.717, 1.165) is 96.6 Å². The maximum atomic E-state index is 12.1. The van der Waals surface area contributed by atoms with E-state index in [1.807, 2.05) is 0 Å². The van der Waals surface area contributed by atoms with E-state index in [9.17, 15) is 9.59 Å². The van der Waals surface area contributed by atoms with Gasteiger partial charge in [0.25, 0.3) is 0 Å². The lowest BCUT2D eigenvalue weighted by atomic mass is 10.1. The highest BCUT2D eigenvalue weighted by molar-refractivity contribution is 5.76. The van der Waals surface area contributed by atoms with Gasteiger partial charge >= 0.3 is 0 Å². The number of nitrogens with one attached hydrogen (secondary N) is 2. The van der Waals surface area contributed by atoms with Crippen molar-refractivity contribution in [2.45, 2.75) is 277 Å². The minimum atomic E-state index is 0.173. The van der Waals surface area contributed by atoms with Crippen LogP contribution >= 0.6 is 0 Å². The van der Waals surface area contributed by atoms with Gasteiger partial charge in [0.1, 0.15) is 0 Å². The minimum absolute atomic E-state index is 0.173. The van der Waals surface area contributed by atoms with Crippen molar-refractivity contribution in [3.8, 4) is 47.4 Å². The topological polar surface area (TPSA) is 58.2 Å². The Hall–Kier alpha value is -2.82. The van der Waals surface area contributed by atoms with Crippen LogP contribution in [0, 0.1) is 47.4 Å². The lowest BCUT2D eigenvalue weighted by Crippen LogP contribution is -2.25. The molecule has 336 valence electrons. The normalized spacial score (nSPS) is 10.3. The summed E-state index contributed by atoms with van der Waals surface area (Å²) in [7, 11) is 0. The van der Waals surface area contributed by atoms with Crippen LogP contribution in [0.2, 0.25) is 0 Å². The van der Waals surface area contributed by atoms with Gasteiger partial charge in [-0.3, -0.25) is 9.59 Å². The van der Waals surface area contributed by atoms with Crippen LogP contribution in [0.4, 0.5) is 0 Å². The Kier molecular flexibility index (Phi) is 48.9. The van der Waals surface area contributed by atoms with Crippen LogP contribution in [-0.4, -0.2) is 24.9 Å². The lowest BCUT2D eigenvalue weighted by Gasteiger charge is -2.07. The second kappa shape index (κ2) is 51.3. The minimum Gasteiger partial charge on any atom is -0.356 e. The third-order valence-corrected chi connectivity index (χ3v) is 11.2. The third kappa shape index (κ3) is 51.3. The Labute approximate surface area is 368 Å². The fourth-order valence-electron chi connectivity index (χ4n) is 7.30. The van der Waals surface area contributed by atoms with Gasteiger partial charge < -0.3 is 10.6 Å². The first-order valence-electron chi connectivity index (χ1n) is 25.7. The molecule has 4 nitrogen and oxygen atoms in total. The van der Waals surface area contributed by atoms with Crippen molar-refractivity contribution in [3.05, 3.63) is 0 Å². The quantitative estimate of drug-likeness (QED) is 0.0476. The highest BCUT2D eigenvalue weighted by Gasteiger charge is 2.03. The van der Waals surface area contributed by atoms with Crippen molar-refractivity contribution in [1.29, 1.82) is 0 Å². The molecule has 0 aliphatic heterocycles.